The van der Waals surface area contributed by atoms with E-state index < -0.39 is 0 Å². The van der Waals surface area contributed by atoms with E-state index in [1.807, 2.05) is 61.5 Å². The smallest absolute Gasteiger partial charge is 0.224 e. The number of amides is 1. The Balaban J connectivity index is 2.27. The zero-order valence-electron chi connectivity index (χ0n) is 10.8. The van der Waals surface area contributed by atoms with Crippen LogP contribution in [0, 0.1) is 6.92 Å². The normalized spacial score (nSPS) is 10.1. The summed E-state index contributed by atoms with van der Waals surface area (Å²) in [4.78, 5) is 13.6. The molecule has 0 aliphatic heterocycles. The number of benzene rings is 2. The predicted molar refractivity (Wildman–Crippen MR) is 74.5 cm³/mol. The van der Waals surface area contributed by atoms with Crippen LogP contribution in [0.4, 0.5) is 5.69 Å². The largest absolute Gasteiger partial charge is 0.308 e. The number of carbonyl (C=O) groups excluding carboxylic acids is 1. The van der Waals surface area contributed by atoms with Crippen molar-refractivity contribution >= 4 is 11.6 Å². The maximum absolute atomic E-state index is 11.8. The van der Waals surface area contributed by atoms with Crippen molar-refractivity contribution in [2.45, 2.75) is 20.4 Å². The second kappa shape index (κ2) is 5.50. The van der Waals surface area contributed by atoms with Gasteiger partial charge in [-0.25, -0.2) is 0 Å². The van der Waals surface area contributed by atoms with Crippen molar-refractivity contribution in [1.29, 1.82) is 0 Å². The van der Waals surface area contributed by atoms with Gasteiger partial charge in [0, 0.05) is 12.6 Å². The molecule has 0 aliphatic rings. The molecule has 0 spiro atoms. The number of carbonyl (C=O) groups is 1. The van der Waals surface area contributed by atoms with Crippen molar-refractivity contribution < 1.29 is 4.79 Å². The number of hydrogen-bond acceptors (Lipinski definition) is 1. The number of aryl methyl sites for hydroxylation is 1. The van der Waals surface area contributed by atoms with Crippen LogP contribution in [0.3, 0.4) is 0 Å². The molecule has 92 valence electrons. The number of nitrogens with zero attached hydrogens (tertiary/aromatic N) is 1. The number of anilines is 1. The molecule has 0 atom stereocenters. The van der Waals surface area contributed by atoms with Gasteiger partial charge in [0.05, 0.1) is 6.54 Å². The van der Waals surface area contributed by atoms with Crippen LogP contribution in [0.5, 0.6) is 0 Å². The summed E-state index contributed by atoms with van der Waals surface area (Å²) in [7, 11) is 0. The SMILES string of the molecule is CC(=O)N(Cc1ccccc1)c1cccc(C)c1. The molecule has 18 heavy (non-hydrogen) atoms. The van der Waals surface area contributed by atoms with Crippen LogP contribution >= 0.6 is 0 Å². The van der Waals surface area contributed by atoms with Gasteiger partial charge in [0.25, 0.3) is 0 Å². The Morgan fingerprint density at radius 3 is 2.39 bits per heavy atom. The van der Waals surface area contributed by atoms with Gasteiger partial charge in [-0.2, -0.15) is 0 Å². The van der Waals surface area contributed by atoms with Crippen LogP contribution in [-0.4, -0.2) is 5.91 Å². The first-order valence-electron chi connectivity index (χ1n) is 6.05. The van der Waals surface area contributed by atoms with Gasteiger partial charge in [-0.15, -0.1) is 0 Å². The summed E-state index contributed by atoms with van der Waals surface area (Å²) in [6.07, 6.45) is 0. The molecule has 0 unspecified atom stereocenters. The third-order valence-electron chi connectivity index (χ3n) is 2.88. The van der Waals surface area contributed by atoms with Crippen LogP contribution in [0.25, 0.3) is 0 Å². The fraction of sp³-hybridized carbons (Fsp3) is 0.188. The van der Waals surface area contributed by atoms with Crippen molar-refractivity contribution in [2.24, 2.45) is 0 Å². The molecular weight excluding hydrogens is 222 g/mol. The van der Waals surface area contributed by atoms with E-state index in [-0.39, 0.29) is 5.91 Å². The average Bonchev–Trinajstić information content (AvgIpc) is 2.37. The topological polar surface area (TPSA) is 20.3 Å². The van der Waals surface area contributed by atoms with Gasteiger partial charge < -0.3 is 4.90 Å². The molecule has 0 saturated heterocycles. The lowest BCUT2D eigenvalue weighted by Gasteiger charge is -2.21. The predicted octanol–water partition coefficient (Wildman–Crippen LogP) is 3.55. The molecule has 0 aromatic heterocycles. The Morgan fingerprint density at radius 1 is 1.06 bits per heavy atom. The summed E-state index contributed by atoms with van der Waals surface area (Å²) in [6, 6.07) is 18.0. The Morgan fingerprint density at radius 2 is 1.78 bits per heavy atom. The van der Waals surface area contributed by atoms with E-state index in [9.17, 15) is 4.79 Å². The van der Waals surface area contributed by atoms with Crippen LogP contribution in [0.2, 0.25) is 0 Å². The first kappa shape index (κ1) is 12.4. The van der Waals surface area contributed by atoms with Crippen molar-refractivity contribution in [1.82, 2.24) is 0 Å². The van der Waals surface area contributed by atoms with E-state index in [1.54, 1.807) is 11.8 Å². The Labute approximate surface area is 108 Å². The minimum absolute atomic E-state index is 0.0597. The van der Waals surface area contributed by atoms with Crippen molar-refractivity contribution in [2.75, 3.05) is 4.90 Å². The Hall–Kier alpha value is -2.09. The van der Waals surface area contributed by atoms with E-state index in [4.69, 9.17) is 0 Å². The van der Waals surface area contributed by atoms with Gasteiger partial charge in [0.15, 0.2) is 0 Å². The quantitative estimate of drug-likeness (QED) is 0.802. The summed E-state index contributed by atoms with van der Waals surface area (Å²) in [5.74, 6) is 0.0597. The van der Waals surface area contributed by atoms with E-state index >= 15 is 0 Å². The minimum Gasteiger partial charge on any atom is -0.308 e. The van der Waals surface area contributed by atoms with Gasteiger partial charge in [0.1, 0.15) is 0 Å². The molecular formula is C16H17NO. The van der Waals surface area contributed by atoms with E-state index in [1.165, 1.54) is 0 Å². The second-order valence-corrected chi connectivity index (χ2v) is 4.43. The van der Waals surface area contributed by atoms with Crippen LogP contribution in [0.15, 0.2) is 54.6 Å². The third kappa shape index (κ3) is 2.98. The van der Waals surface area contributed by atoms with E-state index in [0.29, 0.717) is 6.54 Å². The molecule has 0 bridgehead atoms. The molecule has 0 saturated carbocycles. The lowest BCUT2D eigenvalue weighted by atomic mass is 10.1. The summed E-state index contributed by atoms with van der Waals surface area (Å²) in [5.41, 5.74) is 3.24. The van der Waals surface area contributed by atoms with Gasteiger partial charge in [-0.05, 0) is 30.2 Å². The monoisotopic (exact) mass is 239 g/mol. The molecule has 2 aromatic rings. The first-order chi connectivity index (χ1) is 8.66. The number of hydrogen-bond donors (Lipinski definition) is 0. The summed E-state index contributed by atoms with van der Waals surface area (Å²) >= 11 is 0. The molecule has 1 amide bonds. The zero-order valence-corrected chi connectivity index (χ0v) is 10.8. The zero-order chi connectivity index (χ0) is 13.0. The minimum atomic E-state index is 0.0597. The molecule has 2 heteroatoms. The maximum atomic E-state index is 11.8. The molecule has 0 N–H and O–H groups in total. The molecule has 0 aliphatic carbocycles. The molecule has 2 aromatic carbocycles. The fourth-order valence-corrected chi connectivity index (χ4v) is 1.95. The lowest BCUT2D eigenvalue weighted by Crippen LogP contribution is -2.27. The molecule has 0 heterocycles. The lowest BCUT2D eigenvalue weighted by molar-refractivity contribution is -0.116. The second-order valence-electron chi connectivity index (χ2n) is 4.43. The Bertz CT molecular complexity index is 534. The highest BCUT2D eigenvalue weighted by atomic mass is 16.2. The fourth-order valence-electron chi connectivity index (χ4n) is 1.95. The van der Waals surface area contributed by atoms with Gasteiger partial charge in [-0.1, -0.05) is 42.5 Å². The van der Waals surface area contributed by atoms with Crippen molar-refractivity contribution in [3.8, 4) is 0 Å². The van der Waals surface area contributed by atoms with Gasteiger partial charge >= 0.3 is 0 Å². The van der Waals surface area contributed by atoms with E-state index in [0.717, 1.165) is 16.8 Å². The molecule has 2 rings (SSSR count). The third-order valence-corrected chi connectivity index (χ3v) is 2.88. The first-order valence-corrected chi connectivity index (χ1v) is 6.05. The molecule has 2 nitrogen and oxygen atoms in total. The molecule has 0 fully saturated rings. The van der Waals surface area contributed by atoms with Crippen molar-refractivity contribution in [3.63, 3.8) is 0 Å². The molecule has 0 radical (unpaired) electrons. The maximum Gasteiger partial charge on any atom is 0.224 e. The van der Waals surface area contributed by atoms with Crippen molar-refractivity contribution in [3.05, 3.63) is 65.7 Å². The number of rotatable bonds is 3. The summed E-state index contributed by atoms with van der Waals surface area (Å²) in [5, 5.41) is 0. The van der Waals surface area contributed by atoms with Crippen LogP contribution in [0.1, 0.15) is 18.1 Å². The highest BCUT2D eigenvalue weighted by Crippen LogP contribution is 2.18. The van der Waals surface area contributed by atoms with Crippen LogP contribution < -0.4 is 4.90 Å². The standard InChI is InChI=1S/C16H17NO/c1-13-7-6-10-16(11-13)17(14(2)18)12-15-8-4-3-5-9-15/h3-11H,12H2,1-2H3. The highest BCUT2D eigenvalue weighted by molar-refractivity contribution is 5.91. The summed E-state index contributed by atoms with van der Waals surface area (Å²) < 4.78 is 0. The summed E-state index contributed by atoms with van der Waals surface area (Å²) in [6.45, 7) is 4.25. The van der Waals surface area contributed by atoms with Crippen LogP contribution in [-0.2, 0) is 11.3 Å². The van der Waals surface area contributed by atoms with E-state index in [2.05, 4.69) is 0 Å². The average molecular weight is 239 g/mol. The van der Waals surface area contributed by atoms with Gasteiger partial charge in [0.2, 0.25) is 5.91 Å². The Kier molecular flexibility index (Phi) is 3.78. The highest BCUT2D eigenvalue weighted by Gasteiger charge is 2.11. The van der Waals surface area contributed by atoms with Gasteiger partial charge in [-0.3, -0.25) is 4.79 Å².